The maximum atomic E-state index is 12.6. The molecule has 1 aromatic carbocycles. The van der Waals surface area contributed by atoms with E-state index in [0.717, 1.165) is 5.56 Å². The molecule has 0 aliphatic heterocycles. The Morgan fingerprint density at radius 2 is 2.10 bits per heavy atom. The molecule has 0 aliphatic carbocycles. The summed E-state index contributed by atoms with van der Waals surface area (Å²) in [6, 6.07) is 3.05. The number of halogens is 2. The molecule has 0 aliphatic rings. The average molecular weight is 203 g/mol. The Balaban J connectivity index is 3.31. The van der Waals surface area contributed by atoms with E-state index in [2.05, 4.69) is 15.9 Å². The third-order valence-corrected chi connectivity index (χ3v) is 1.81. The van der Waals surface area contributed by atoms with Crippen LogP contribution >= 0.6 is 15.9 Å². The van der Waals surface area contributed by atoms with Crippen LogP contribution in [-0.4, -0.2) is 0 Å². The number of hydrogen-bond acceptors (Lipinski definition) is 0. The molecule has 0 fully saturated rings. The van der Waals surface area contributed by atoms with Crippen LogP contribution in [0.15, 0.2) is 16.6 Å². The predicted molar refractivity (Wildman–Crippen MR) is 42.8 cm³/mol. The van der Waals surface area contributed by atoms with Gasteiger partial charge in [-0.2, -0.15) is 0 Å². The lowest BCUT2D eigenvalue weighted by atomic mass is 10.2. The lowest BCUT2D eigenvalue weighted by Crippen LogP contribution is -1.78. The molecule has 0 aromatic heterocycles. The van der Waals surface area contributed by atoms with E-state index in [9.17, 15) is 4.39 Å². The molecule has 1 N–H and O–H groups in total. The zero-order valence-electron chi connectivity index (χ0n) is 5.41. The standard InChI is InChI=1S/C7H6BrFN/c1-4-2-5(8)7(10)6(9)3-4/h2-3,10H,1H3/q-1. The summed E-state index contributed by atoms with van der Waals surface area (Å²) >= 11 is 3.07. The van der Waals surface area contributed by atoms with Gasteiger partial charge in [-0.1, -0.05) is 21.6 Å². The second-order valence-corrected chi connectivity index (χ2v) is 2.96. The van der Waals surface area contributed by atoms with Gasteiger partial charge in [-0.3, -0.25) is 0 Å². The van der Waals surface area contributed by atoms with Gasteiger partial charge in [0.1, 0.15) is 5.82 Å². The Labute approximate surface area is 67.2 Å². The number of rotatable bonds is 0. The summed E-state index contributed by atoms with van der Waals surface area (Å²) in [5, 5.41) is 0. The summed E-state index contributed by atoms with van der Waals surface area (Å²) < 4.78 is 13.1. The van der Waals surface area contributed by atoms with Crippen molar-refractivity contribution < 1.29 is 4.39 Å². The lowest BCUT2D eigenvalue weighted by Gasteiger charge is -2.08. The average Bonchev–Trinajstić information content (AvgIpc) is 1.82. The highest BCUT2D eigenvalue weighted by Crippen LogP contribution is 2.28. The molecule has 0 saturated carbocycles. The van der Waals surface area contributed by atoms with Crippen LogP contribution in [0.3, 0.4) is 0 Å². The number of benzene rings is 1. The first-order valence-electron chi connectivity index (χ1n) is 2.78. The summed E-state index contributed by atoms with van der Waals surface area (Å²) in [6.45, 7) is 1.78. The largest absolute Gasteiger partial charge is 0.695 e. The van der Waals surface area contributed by atoms with Crippen molar-refractivity contribution in [3.05, 3.63) is 33.7 Å². The predicted octanol–water partition coefficient (Wildman–Crippen LogP) is 3.58. The Hall–Kier alpha value is -0.570. The van der Waals surface area contributed by atoms with Gasteiger partial charge in [0.05, 0.1) is 0 Å². The van der Waals surface area contributed by atoms with Gasteiger partial charge in [0.25, 0.3) is 0 Å². The molecule has 0 radical (unpaired) electrons. The van der Waals surface area contributed by atoms with Crippen LogP contribution in [0, 0.1) is 12.7 Å². The van der Waals surface area contributed by atoms with E-state index in [0.29, 0.717) is 4.47 Å². The van der Waals surface area contributed by atoms with Gasteiger partial charge < -0.3 is 5.73 Å². The smallest absolute Gasteiger partial charge is 0.109 e. The fourth-order valence-corrected chi connectivity index (χ4v) is 1.25. The topological polar surface area (TPSA) is 23.8 Å². The van der Waals surface area contributed by atoms with Crippen molar-refractivity contribution in [1.29, 1.82) is 0 Å². The minimum Gasteiger partial charge on any atom is -0.695 e. The molecular weight excluding hydrogens is 197 g/mol. The van der Waals surface area contributed by atoms with Crippen molar-refractivity contribution in [3.63, 3.8) is 0 Å². The highest BCUT2D eigenvalue weighted by atomic mass is 79.9. The van der Waals surface area contributed by atoms with Crippen LogP contribution in [-0.2, 0) is 0 Å². The number of aryl methyl sites for hydroxylation is 1. The highest BCUT2D eigenvalue weighted by Gasteiger charge is 1.96. The molecule has 0 amide bonds. The number of nitrogens with one attached hydrogen (secondary N) is 1. The van der Waals surface area contributed by atoms with Crippen molar-refractivity contribution in [2.24, 2.45) is 0 Å². The van der Waals surface area contributed by atoms with Gasteiger partial charge in [0.15, 0.2) is 0 Å². The number of hydrogen-bond donors (Lipinski definition) is 0. The Morgan fingerprint density at radius 3 is 2.60 bits per heavy atom. The lowest BCUT2D eigenvalue weighted by molar-refractivity contribution is 0.632. The molecular formula is C7H6BrFN-. The minimum absolute atomic E-state index is 0.0781. The highest BCUT2D eigenvalue weighted by molar-refractivity contribution is 9.10. The molecule has 1 rings (SSSR count). The van der Waals surface area contributed by atoms with Gasteiger partial charge in [-0.15, -0.1) is 0 Å². The summed E-state index contributed by atoms with van der Waals surface area (Å²) in [5.74, 6) is -0.480. The van der Waals surface area contributed by atoms with Crippen LogP contribution in [0.5, 0.6) is 0 Å². The summed E-state index contributed by atoms with van der Waals surface area (Å²) in [7, 11) is 0. The second-order valence-electron chi connectivity index (χ2n) is 2.10. The van der Waals surface area contributed by atoms with E-state index in [-0.39, 0.29) is 5.69 Å². The molecule has 0 unspecified atom stereocenters. The zero-order valence-corrected chi connectivity index (χ0v) is 7.00. The summed E-state index contributed by atoms with van der Waals surface area (Å²) in [4.78, 5) is 0. The molecule has 10 heavy (non-hydrogen) atoms. The first-order valence-corrected chi connectivity index (χ1v) is 3.58. The molecule has 1 nitrogen and oxygen atoms in total. The first kappa shape index (κ1) is 7.54. The molecule has 1 aromatic rings. The maximum absolute atomic E-state index is 12.6. The van der Waals surface area contributed by atoms with Crippen LogP contribution in [0.4, 0.5) is 10.1 Å². The van der Waals surface area contributed by atoms with Crippen molar-refractivity contribution >= 4 is 21.6 Å². The first-order chi connectivity index (χ1) is 4.61. The van der Waals surface area contributed by atoms with Gasteiger partial charge in [0, 0.05) is 4.47 Å². The van der Waals surface area contributed by atoms with Crippen LogP contribution < -0.4 is 0 Å². The SMILES string of the molecule is Cc1cc(F)c([NH-])c(Br)c1. The molecule has 0 atom stereocenters. The third kappa shape index (κ3) is 1.29. The minimum atomic E-state index is -0.480. The Morgan fingerprint density at radius 1 is 1.50 bits per heavy atom. The van der Waals surface area contributed by atoms with Crippen molar-refractivity contribution in [1.82, 2.24) is 0 Å². The Bertz CT molecular complexity index is 237. The van der Waals surface area contributed by atoms with Crippen molar-refractivity contribution in [2.75, 3.05) is 0 Å². The Kier molecular flexibility index (Phi) is 1.94. The fourth-order valence-electron chi connectivity index (χ4n) is 0.700. The van der Waals surface area contributed by atoms with E-state index in [1.54, 1.807) is 13.0 Å². The van der Waals surface area contributed by atoms with E-state index in [1.807, 2.05) is 0 Å². The molecule has 0 bridgehead atoms. The fraction of sp³-hybridized carbons (Fsp3) is 0.143. The molecule has 0 heterocycles. The van der Waals surface area contributed by atoms with Gasteiger partial charge in [-0.05, 0) is 24.6 Å². The molecule has 0 saturated heterocycles. The summed E-state index contributed by atoms with van der Waals surface area (Å²) in [5.41, 5.74) is 7.86. The van der Waals surface area contributed by atoms with E-state index >= 15 is 0 Å². The van der Waals surface area contributed by atoms with Crippen molar-refractivity contribution in [3.8, 4) is 0 Å². The molecule has 0 spiro atoms. The summed E-state index contributed by atoms with van der Waals surface area (Å²) in [6.07, 6.45) is 0. The zero-order chi connectivity index (χ0) is 7.72. The van der Waals surface area contributed by atoms with E-state index in [4.69, 9.17) is 5.73 Å². The second kappa shape index (κ2) is 2.58. The van der Waals surface area contributed by atoms with E-state index in [1.165, 1.54) is 6.07 Å². The monoisotopic (exact) mass is 202 g/mol. The maximum Gasteiger partial charge on any atom is 0.109 e. The van der Waals surface area contributed by atoms with Crippen LogP contribution in [0.1, 0.15) is 5.56 Å². The van der Waals surface area contributed by atoms with Crippen LogP contribution in [0.2, 0.25) is 0 Å². The quantitative estimate of drug-likeness (QED) is 0.615. The van der Waals surface area contributed by atoms with Gasteiger partial charge in [-0.25, -0.2) is 4.39 Å². The van der Waals surface area contributed by atoms with Gasteiger partial charge >= 0.3 is 0 Å². The molecule has 3 heteroatoms. The van der Waals surface area contributed by atoms with Gasteiger partial charge in [0.2, 0.25) is 0 Å². The molecule has 54 valence electrons. The van der Waals surface area contributed by atoms with Crippen LogP contribution in [0.25, 0.3) is 5.73 Å². The third-order valence-electron chi connectivity index (χ3n) is 1.19. The van der Waals surface area contributed by atoms with E-state index < -0.39 is 5.82 Å². The van der Waals surface area contributed by atoms with Crippen molar-refractivity contribution in [2.45, 2.75) is 6.92 Å². The normalized spacial score (nSPS) is 9.90.